The molecule has 2 aromatic rings. The summed E-state index contributed by atoms with van der Waals surface area (Å²) in [5, 5.41) is 4.52. The Bertz CT molecular complexity index is 624. The first-order chi connectivity index (χ1) is 10.1. The van der Waals surface area contributed by atoms with Crippen LogP contribution >= 0.6 is 11.5 Å². The van der Waals surface area contributed by atoms with E-state index < -0.39 is 0 Å². The Morgan fingerprint density at radius 3 is 2.86 bits per heavy atom. The highest BCUT2D eigenvalue weighted by Crippen LogP contribution is 2.37. The van der Waals surface area contributed by atoms with E-state index in [0.29, 0.717) is 17.6 Å². The van der Waals surface area contributed by atoms with Gasteiger partial charge in [0.25, 0.3) is 0 Å². The van der Waals surface area contributed by atoms with Crippen LogP contribution in [0.1, 0.15) is 31.4 Å². The van der Waals surface area contributed by atoms with Crippen LogP contribution in [0.4, 0.5) is 10.8 Å². The molecule has 1 aromatic heterocycles. The van der Waals surface area contributed by atoms with Gasteiger partial charge in [-0.25, -0.2) is 0 Å². The molecule has 1 unspecified atom stereocenters. The van der Waals surface area contributed by atoms with Crippen molar-refractivity contribution in [2.45, 2.75) is 45.3 Å². The summed E-state index contributed by atoms with van der Waals surface area (Å²) in [6.45, 7) is 4.00. The number of aryl methyl sites for hydroxylation is 1. The molecule has 112 valence electrons. The van der Waals surface area contributed by atoms with Crippen LogP contribution in [0.5, 0.6) is 5.75 Å². The highest BCUT2D eigenvalue weighted by Gasteiger charge is 2.22. The van der Waals surface area contributed by atoms with Crippen molar-refractivity contribution in [1.29, 1.82) is 0 Å². The smallest absolute Gasteiger partial charge is 0.197 e. The number of benzene rings is 1. The van der Waals surface area contributed by atoms with Crippen LogP contribution in [0, 0.1) is 0 Å². The third kappa shape index (κ3) is 3.13. The minimum Gasteiger partial charge on any atom is -0.484 e. The van der Waals surface area contributed by atoms with Gasteiger partial charge in [0.15, 0.2) is 16.6 Å². The molecule has 0 aliphatic heterocycles. The number of nitrogens with two attached hydrogens (primary N) is 1. The van der Waals surface area contributed by atoms with Gasteiger partial charge in [-0.05, 0) is 55.8 Å². The summed E-state index contributed by atoms with van der Waals surface area (Å²) in [6.07, 6.45) is 3.37. The van der Waals surface area contributed by atoms with Crippen molar-refractivity contribution in [2.75, 3.05) is 11.1 Å². The van der Waals surface area contributed by atoms with Crippen molar-refractivity contribution >= 4 is 22.4 Å². The van der Waals surface area contributed by atoms with Gasteiger partial charge in [0, 0.05) is 6.04 Å². The largest absolute Gasteiger partial charge is 0.484 e. The first kappa shape index (κ1) is 14.2. The van der Waals surface area contributed by atoms with Crippen molar-refractivity contribution in [3.05, 3.63) is 35.4 Å². The molecule has 3 rings (SSSR count). The van der Waals surface area contributed by atoms with Gasteiger partial charge in [-0.1, -0.05) is 24.3 Å². The summed E-state index contributed by atoms with van der Waals surface area (Å²) in [5.74, 6) is 1.18. The summed E-state index contributed by atoms with van der Waals surface area (Å²) in [4.78, 5) is 0. The molecule has 1 aliphatic carbocycles. The molecular weight excluding hydrogens is 282 g/mol. The molecule has 0 amide bonds. The van der Waals surface area contributed by atoms with Gasteiger partial charge in [-0.15, -0.1) is 0 Å². The zero-order chi connectivity index (χ0) is 14.8. The molecule has 1 aliphatic rings. The second-order valence-corrected chi connectivity index (χ2v) is 6.52. The molecule has 4 nitrogen and oxygen atoms in total. The number of nitrogens with zero attached hydrogens (tertiary/aromatic N) is 1. The fourth-order valence-electron chi connectivity index (χ4n) is 2.74. The molecule has 3 N–H and O–H groups in total. The number of rotatable bonds is 4. The van der Waals surface area contributed by atoms with Crippen molar-refractivity contribution in [3.8, 4) is 5.75 Å². The predicted molar refractivity (Wildman–Crippen MR) is 88.2 cm³/mol. The van der Waals surface area contributed by atoms with Gasteiger partial charge in [0.1, 0.15) is 0 Å². The van der Waals surface area contributed by atoms with E-state index in [1.807, 2.05) is 13.8 Å². The highest BCUT2D eigenvalue weighted by atomic mass is 32.1. The lowest BCUT2D eigenvalue weighted by molar-refractivity contribution is 0.245. The number of nitrogens with one attached hydrogen (secondary N) is 1. The second kappa shape index (κ2) is 5.93. The first-order valence-corrected chi connectivity index (χ1v) is 8.16. The molecule has 0 bridgehead atoms. The summed E-state index contributed by atoms with van der Waals surface area (Å²) in [6, 6.07) is 9.08. The molecule has 0 saturated carbocycles. The van der Waals surface area contributed by atoms with Crippen LogP contribution in [0.2, 0.25) is 0 Å². The standard InChI is InChI=1S/C16H21N3OS/c1-10(2)20-14-15(17)19-21-16(14)18-13-8-7-11-5-3-4-6-12(11)9-13/h3-6,10,13,18H,7-9H2,1-2H3,(H2,17,19). The molecule has 1 atom stereocenters. The Balaban J connectivity index is 1.74. The number of hydrogen-bond donors (Lipinski definition) is 2. The van der Waals surface area contributed by atoms with E-state index in [-0.39, 0.29) is 6.10 Å². The summed E-state index contributed by atoms with van der Waals surface area (Å²) in [7, 11) is 0. The van der Waals surface area contributed by atoms with Crippen LogP contribution < -0.4 is 15.8 Å². The minimum atomic E-state index is 0.0938. The van der Waals surface area contributed by atoms with E-state index in [0.717, 1.165) is 24.3 Å². The van der Waals surface area contributed by atoms with Gasteiger partial charge >= 0.3 is 0 Å². The maximum Gasteiger partial charge on any atom is 0.197 e. The van der Waals surface area contributed by atoms with Crippen LogP contribution in [0.3, 0.4) is 0 Å². The number of anilines is 2. The Labute approximate surface area is 129 Å². The lowest BCUT2D eigenvalue weighted by Gasteiger charge is -2.26. The van der Waals surface area contributed by atoms with Crippen LogP contribution in [0.25, 0.3) is 0 Å². The quantitative estimate of drug-likeness (QED) is 0.908. The molecule has 1 aromatic carbocycles. The van der Waals surface area contributed by atoms with Gasteiger partial charge < -0.3 is 15.8 Å². The lowest BCUT2D eigenvalue weighted by Crippen LogP contribution is -2.27. The normalized spacial score (nSPS) is 17.6. The van der Waals surface area contributed by atoms with Crippen LogP contribution in [0.15, 0.2) is 24.3 Å². The van der Waals surface area contributed by atoms with E-state index in [2.05, 4.69) is 34.0 Å². The number of hydrogen-bond acceptors (Lipinski definition) is 5. The topological polar surface area (TPSA) is 60.2 Å². The third-order valence-corrected chi connectivity index (χ3v) is 4.48. The molecule has 0 saturated heterocycles. The average Bonchev–Trinajstić information content (AvgIpc) is 2.80. The molecule has 1 heterocycles. The van der Waals surface area contributed by atoms with Crippen molar-refractivity contribution in [2.24, 2.45) is 0 Å². The highest BCUT2D eigenvalue weighted by molar-refractivity contribution is 7.11. The molecule has 0 radical (unpaired) electrons. The Hall–Kier alpha value is -1.75. The van der Waals surface area contributed by atoms with Crippen LogP contribution in [-0.4, -0.2) is 16.5 Å². The van der Waals surface area contributed by atoms with Crippen molar-refractivity contribution in [1.82, 2.24) is 4.37 Å². The maximum absolute atomic E-state index is 5.91. The van der Waals surface area contributed by atoms with E-state index >= 15 is 0 Å². The van der Waals surface area contributed by atoms with Crippen molar-refractivity contribution < 1.29 is 4.74 Å². The second-order valence-electron chi connectivity index (χ2n) is 5.75. The number of aromatic nitrogens is 1. The average molecular weight is 303 g/mol. The van der Waals surface area contributed by atoms with Gasteiger partial charge in [0.2, 0.25) is 0 Å². The van der Waals surface area contributed by atoms with Gasteiger partial charge in [0.05, 0.1) is 6.10 Å². The zero-order valence-corrected chi connectivity index (χ0v) is 13.2. The summed E-state index contributed by atoms with van der Waals surface area (Å²) < 4.78 is 10.00. The number of nitrogen functional groups attached to an aromatic ring is 1. The Kier molecular flexibility index (Phi) is 4.01. The van der Waals surface area contributed by atoms with Crippen LogP contribution in [-0.2, 0) is 12.8 Å². The molecule has 0 fully saturated rings. The van der Waals surface area contributed by atoms with E-state index in [1.165, 1.54) is 22.7 Å². The Morgan fingerprint density at radius 2 is 2.10 bits per heavy atom. The fourth-order valence-corrected chi connectivity index (χ4v) is 3.47. The third-order valence-electron chi connectivity index (χ3n) is 3.71. The Morgan fingerprint density at radius 1 is 1.33 bits per heavy atom. The van der Waals surface area contributed by atoms with E-state index in [4.69, 9.17) is 10.5 Å². The first-order valence-electron chi connectivity index (χ1n) is 7.38. The van der Waals surface area contributed by atoms with Gasteiger partial charge in [-0.3, -0.25) is 0 Å². The van der Waals surface area contributed by atoms with E-state index in [1.54, 1.807) is 0 Å². The number of ether oxygens (including phenoxy) is 1. The molecular formula is C16H21N3OS. The summed E-state index contributed by atoms with van der Waals surface area (Å²) in [5.41, 5.74) is 8.81. The maximum atomic E-state index is 5.91. The molecule has 0 spiro atoms. The van der Waals surface area contributed by atoms with E-state index in [9.17, 15) is 0 Å². The summed E-state index contributed by atoms with van der Waals surface area (Å²) >= 11 is 1.38. The van der Waals surface area contributed by atoms with Crippen molar-refractivity contribution in [3.63, 3.8) is 0 Å². The molecule has 21 heavy (non-hydrogen) atoms. The fraction of sp³-hybridized carbons (Fsp3) is 0.438. The minimum absolute atomic E-state index is 0.0938. The molecule has 5 heteroatoms. The lowest BCUT2D eigenvalue weighted by atomic mass is 9.88. The predicted octanol–water partition coefficient (Wildman–Crippen LogP) is 3.48. The zero-order valence-electron chi connectivity index (χ0n) is 12.4. The SMILES string of the molecule is CC(C)Oc1c(N)nsc1NC1CCc2ccccc2C1. The number of fused-ring (bicyclic) bond motifs is 1. The monoisotopic (exact) mass is 303 g/mol. The van der Waals surface area contributed by atoms with Gasteiger partial charge in [-0.2, -0.15) is 4.37 Å².